The Kier molecular flexibility index (Phi) is 6.43. The van der Waals surface area contributed by atoms with E-state index in [2.05, 4.69) is 33.6 Å². The van der Waals surface area contributed by atoms with Crippen molar-refractivity contribution in [2.45, 2.75) is 6.04 Å². The maximum absolute atomic E-state index is 12.6. The monoisotopic (exact) mass is 408 g/mol. The third-order valence-electron chi connectivity index (χ3n) is 4.76. The number of carbonyl (C=O) groups is 1. The first-order valence-corrected chi connectivity index (χ1v) is 9.94. The zero-order valence-corrected chi connectivity index (χ0v) is 16.5. The summed E-state index contributed by atoms with van der Waals surface area (Å²) in [5, 5.41) is 18.5. The number of nitro groups is 1. The zero-order valence-electron chi connectivity index (χ0n) is 14.9. The molecule has 0 bridgehead atoms. The van der Waals surface area contributed by atoms with E-state index in [1.807, 2.05) is 5.38 Å². The van der Waals surface area contributed by atoms with E-state index < -0.39 is 10.8 Å². The number of rotatable bonds is 6. The molecule has 1 unspecified atom stereocenters. The van der Waals surface area contributed by atoms with Gasteiger partial charge in [-0.15, -0.1) is 0 Å². The topological polar surface area (TPSA) is 78.7 Å². The number of nitro benzene ring substituents is 1. The highest BCUT2D eigenvalue weighted by atomic mass is 35.5. The van der Waals surface area contributed by atoms with Crippen LogP contribution in [0.2, 0.25) is 5.02 Å². The summed E-state index contributed by atoms with van der Waals surface area (Å²) in [7, 11) is 2.09. The van der Waals surface area contributed by atoms with Crippen LogP contribution in [-0.4, -0.2) is 60.4 Å². The van der Waals surface area contributed by atoms with Gasteiger partial charge in [-0.3, -0.25) is 19.8 Å². The summed E-state index contributed by atoms with van der Waals surface area (Å²) >= 11 is 7.55. The lowest BCUT2D eigenvalue weighted by molar-refractivity contribution is -0.385. The van der Waals surface area contributed by atoms with E-state index in [0.29, 0.717) is 11.6 Å². The molecule has 7 nitrogen and oxygen atoms in total. The minimum atomic E-state index is -0.567. The van der Waals surface area contributed by atoms with Crippen LogP contribution >= 0.6 is 22.9 Å². The Balaban J connectivity index is 1.75. The molecule has 144 valence electrons. The standard InChI is InChI=1S/C18H21ClN4O3S/c1-21-5-7-22(8-6-21)17(13-4-9-27-12-13)11-20-18(24)15-10-14(19)2-3-16(15)23(25)26/h2-4,9-10,12,17H,5-8,11H2,1H3,(H,20,24). The molecule has 1 aliphatic rings. The molecule has 0 saturated carbocycles. The molecule has 1 saturated heterocycles. The fourth-order valence-corrected chi connectivity index (χ4v) is 4.07. The lowest BCUT2D eigenvalue weighted by Crippen LogP contribution is -2.48. The smallest absolute Gasteiger partial charge is 0.282 e. The van der Waals surface area contributed by atoms with Crippen molar-refractivity contribution in [3.05, 3.63) is 61.3 Å². The number of thiophene rings is 1. The summed E-state index contributed by atoms with van der Waals surface area (Å²) < 4.78 is 0. The van der Waals surface area contributed by atoms with E-state index in [1.165, 1.54) is 18.2 Å². The van der Waals surface area contributed by atoms with Crippen LogP contribution in [0.5, 0.6) is 0 Å². The molecular weight excluding hydrogens is 388 g/mol. The van der Waals surface area contributed by atoms with Gasteiger partial charge in [0, 0.05) is 43.8 Å². The lowest BCUT2D eigenvalue weighted by atomic mass is 10.1. The second kappa shape index (κ2) is 8.79. The molecule has 2 aromatic rings. The first kappa shape index (κ1) is 19.8. The average molecular weight is 409 g/mol. The highest BCUT2D eigenvalue weighted by molar-refractivity contribution is 7.08. The van der Waals surface area contributed by atoms with E-state index in [4.69, 9.17) is 11.6 Å². The normalized spacial score (nSPS) is 16.8. The molecule has 1 fully saturated rings. The number of carbonyl (C=O) groups excluding carboxylic acids is 1. The van der Waals surface area contributed by atoms with Gasteiger partial charge in [0.15, 0.2) is 0 Å². The highest BCUT2D eigenvalue weighted by Crippen LogP contribution is 2.25. The first-order valence-electron chi connectivity index (χ1n) is 8.62. The van der Waals surface area contributed by atoms with Crippen LogP contribution in [-0.2, 0) is 0 Å². The molecule has 1 aromatic carbocycles. The second-order valence-corrected chi connectivity index (χ2v) is 7.76. The van der Waals surface area contributed by atoms with Crippen LogP contribution in [0.25, 0.3) is 0 Å². The first-order chi connectivity index (χ1) is 13.0. The number of hydrogen-bond donors (Lipinski definition) is 1. The molecule has 1 amide bonds. The van der Waals surface area contributed by atoms with Gasteiger partial charge in [0.05, 0.1) is 11.0 Å². The van der Waals surface area contributed by atoms with Gasteiger partial charge in [0.1, 0.15) is 5.56 Å². The van der Waals surface area contributed by atoms with E-state index in [1.54, 1.807) is 11.3 Å². The minimum absolute atomic E-state index is 0.0186. The van der Waals surface area contributed by atoms with Crippen molar-refractivity contribution in [2.75, 3.05) is 39.8 Å². The van der Waals surface area contributed by atoms with Crippen LogP contribution < -0.4 is 5.32 Å². The van der Waals surface area contributed by atoms with Crippen LogP contribution in [0.15, 0.2) is 35.0 Å². The molecule has 0 aliphatic carbocycles. The fraction of sp³-hybridized carbons (Fsp3) is 0.389. The van der Waals surface area contributed by atoms with Gasteiger partial charge in [0.2, 0.25) is 0 Å². The highest BCUT2D eigenvalue weighted by Gasteiger charge is 2.26. The third kappa shape index (κ3) is 4.84. The van der Waals surface area contributed by atoms with E-state index in [9.17, 15) is 14.9 Å². The Hall–Kier alpha value is -2.00. The maximum Gasteiger partial charge on any atom is 0.282 e. The van der Waals surface area contributed by atoms with Crippen molar-refractivity contribution >= 4 is 34.5 Å². The molecule has 9 heteroatoms. The summed E-state index contributed by atoms with van der Waals surface area (Å²) in [6.07, 6.45) is 0. The summed E-state index contributed by atoms with van der Waals surface area (Å²) in [5.74, 6) is -0.487. The van der Waals surface area contributed by atoms with Crippen LogP contribution in [0.1, 0.15) is 22.0 Å². The van der Waals surface area contributed by atoms with Crippen LogP contribution in [0, 0.1) is 10.1 Å². The molecule has 1 aliphatic heterocycles. The number of benzene rings is 1. The largest absolute Gasteiger partial charge is 0.350 e. The van der Waals surface area contributed by atoms with E-state index >= 15 is 0 Å². The number of likely N-dealkylation sites (N-methyl/N-ethyl adjacent to an activating group) is 1. The fourth-order valence-electron chi connectivity index (χ4n) is 3.19. The van der Waals surface area contributed by atoms with Crippen LogP contribution in [0.3, 0.4) is 0 Å². The Labute approximate surface area is 166 Å². The Morgan fingerprint density at radius 2 is 2.07 bits per heavy atom. The predicted octanol–water partition coefficient (Wildman–Crippen LogP) is 3.03. The third-order valence-corrected chi connectivity index (χ3v) is 5.70. The molecule has 2 heterocycles. The quantitative estimate of drug-likeness (QED) is 0.587. The summed E-state index contributed by atoms with van der Waals surface area (Å²) in [6.45, 7) is 4.13. The van der Waals surface area contributed by atoms with Gasteiger partial charge < -0.3 is 10.2 Å². The summed E-state index contributed by atoms with van der Waals surface area (Å²) in [6, 6.07) is 6.10. The molecule has 1 N–H and O–H groups in total. The number of hydrogen-bond acceptors (Lipinski definition) is 6. The number of nitrogens with zero attached hydrogens (tertiary/aromatic N) is 3. The van der Waals surface area contributed by atoms with Crippen molar-refractivity contribution in [2.24, 2.45) is 0 Å². The summed E-state index contributed by atoms with van der Waals surface area (Å²) in [4.78, 5) is 27.9. The molecule has 1 aromatic heterocycles. The van der Waals surface area contributed by atoms with Gasteiger partial charge in [-0.2, -0.15) is 11.3 Å². The SMILES string of the molecule is CN1CCN(C(CNC(=O)c2cc(Cl)ccc2[N+](=O)[O-])c2ccsc2)CC1. The molecule has 0 spiro atoms. The van der Waals surface area contributed by atoms with Gasteiger partial charge in [-0.05, 0) is 41.6 Å². The van der Waals surface area contributed by atoms with Crippen molar-refractivity contribution in [1.82, 2.24) is 15.1 Å². The van der Waals surface area contributed by atoms with E-state index in [-0.39, 0.29) is 17.3 Å². The van der Waals surface area contributed by atoms with Crippen molar-refractivity contribution < 1.29 is 9.72 Å². The average Bonchev–Trinajstić information content (AvgIpc) is 3.17. The number of amides is 1. The number of halogens is 1. The van der Waals surface area contributed by atoms with Gasteiger partial charge in [-0.25, -0.2) is 0 Å². The molecule has 27 heavy (non-hydrogen) atoms. The summed E-state index contributed by atoms with van der Waals surface area (Å²) in [5.41, 5.74) is 0.879. The van der Waals surface area contributed by atoms with E-state index in [0.717, 1.165) is 31.7 Å². The maximum atomic E-state index is 12.6. The second-order valence-electron chi connectivity index (χ2n) is 6.54. The molecule has 3 rings (SSSR count). The molecular formula is C18H21ClN4O3S. The predicted molar refractivity (Wildman–Crippen MR) is 107 cm³/mol. The van der Waals surface area contributed by atoms with Crippen molar-refractivity contribution in [3.63, 3.8) is 0 Å². The number of piperazine rings is 1. The number of nitrogens with one attached hydrogen (secondary N) is 1. The van der Waals surface area contributed by atoms with Crippen LogP contribution in [0.4, 0.5) is 5.69 Å². The Morgan fingerprint density at radius 3 is 2.70 bits per heavy atom. The van der Waals surface area contributed by atoms with Crippen molar-refractivity contribution in [1.29, 1.82) is 0 Å². The minimum Gasteiger partial charge on any atom is -0.350 e. The van der Waals surface area contributed by atoms with Gasteiger partial charge >= 0.3 is 0 Å². The zero-order chi connectivity index (χ0) is 19.4. The Bertz CT molecular complexity index is 807. The van der Waals surface area contributed by atoms with Gasteiger partial charge in [0.25, 0.3) is 11.6 Å². The van der Waals surface area contributed by atoms with Crippen molar-refractivity contribution in [3.8, 4) is 0 Å². The Morgan fingerprint density at radius 1 is 1.33 bits per heavy atom. The lowest BCUT2D eigenvalue weighted by Gasteiger charge is -2.38. The molecule has 0 radical (unpaired) electrons. The van der Waals surface area contributed by atoms with Gasteiger partial charge in [-0.1, -0.05) is 11.6 Å². The molecule has 1 atom stereocenters.